The van der Waals surface area contributed by atoms with Crippen LogP contribution < -0.4 is 5.32 Å². The van der Waals surface area contributed by atoms with Crippen molar-refractivity contribution in [2.75, 3.05) is 0 Å². The fourth-order valence-corrected chi connectivity index (χ4v) is 1.22. The van der Waals surface area contributed by atoms with Crippen LogP contribution in [0.4, 0.5) is 0 Å². The predicted molar refractivity (Wildman–Crippen MR) is 53.7 cm³/mol. The zero-order valence-corrected chi connectivity index (χ0v) is 8.38. The van der Waals surface area contributed by atoms with Gasteiger partial charge < -0.3 is 5.32 Å². The maximum Gasteiger partial charge on any atom is 0.191 e. The van der Waals surface area contributed by atoms with Crippen LogP contribution in [0.3, 0.4) is 0 Å². The number of tetrazole rings is 1. The fourth-order valence-electron chi connectivity index (χ4n) is 1.22. The SMILES string of the molecule is CC(NCc1ccncc1)c1nn[nH]n1. The monoisotopic (exact) mass is 204 g/mol. The molecule has 0 saturated heterocycles. The van der Waals surface area contributed by atoms with E-state index in [1.54, 1.807) is 12.4 Å². The van der Waals surface area contributed by atoms with Crippen LogP contribution in [0.15, 0.2) is 24.5 Å². The normalized spacial score (nSPS) is 12.6. The second-order valence-electron chi connectivity index (χ2n) is 3.23. The van der Waals surface area contributed by atoms with Gasteiger partial charge in [0.25, 0.3) is 0 Å². The van der Waals surface area contributed by atoms with Gasteiger partial charge in [-0.1, -0.05) is 5.21 Å². The number of aromatic amines is 1. The summed E-state index contributed by atoms with van der Waals surface area (Å²) in [6.07, 6.45) is 3.55. The first-order valence-corrected chi connectivity index (χ1v) is 4.72. The first-order chi connectivity index (χ1) is 7.36. The summed E-state index contributed by atoms with van der Waals surface area (Å²) in [5.41, 5.74) is 1.18. The van der Waals surface area contributed by atoms with Gasteiger partial charge in [-0.15, -0.1) is 10.2 Å². The number of nitrogens with one attached hydrogen (secondary N) is 2. The second kappa shape index (κ2) is 4.61. The van der Waals surface area contributed by atoms with E-state index in [1.165, 1.54) is 5.56 Å². The molecule has 1 unspecified atom stereocenters. The molecule has 2 heterocycles. The summed E-state index contributed by atoms with van der Waals surface area (Å²) in [5.74, 6) is 0.670. The molecule has 0 radical (unpaired) electrons. The van der Waals surface area contributed by atoms with Crippen molar-refractivity contribution in [3.63, 3.8) is 0 Å². The van der Waals surface area contributed by atoms with Crippen molar-refractivity contribution in [2.24, 2.45) is 0 Å². The molecule has 2 N–H and O–H groups in total. The lowest BCUT2D eigenvalue weighted by Crippen LogP contribution is -2.19. The molecular formula is C9H12N6. The molecular weight excluding hydrogens is 192 g/mol. The van der Waals surface area contributed by atoms with E-state index < -0.39 is 0 Å². The number of hydrogen-bond acceptors (Lipinski definition) is 5. The molecule has 0 aliphatic carbocycles. The Kier molecular flexibility index (Phi) is 2.99. The van der Waals surface area contributed by atoms with E-state index in [1.807, 2.05) is 19.1 Å². The zero-order valence-electron chi connectivity index (χ0n) is 8.38. The fraction of sp³-hybridized carbons (Fsp3) is 0.333. The van der Waals surface area contributed by atoms with Crippen molar-refractivity contribution >= 4 is 0 Å². The first-order valence-electron chi connectivity index (χ1n) is 4.72. The third kappa shape index (κ3) is 2.57. The quantitative estimate of drug-likeness (QED) is 0.755. The Morgan fingerprint density at radius 1 is 1.40 bits per heavy atom. The van der Waals surface area contributed by atoms with Gasteiger partial charge >= 0.3 is 0 Å². The summed E-state index contributed by atoms with van der Waals surface area (Å²) in [6, 6.07) is 4.02. The Morgan fingerprint density at radius 2 is 2.20 bits per heavy atom. The van der Waals surface area contributed by atoms with Crippen LogP contribution in [0, 0.1) is 0 Å². The Balaban J connectivity index is 1.89. The standard InChI is InChI=1S/C9H12N6/c1-7(9-12-14-15-13-9)11-6-8-2-4-10-5-3-8/h2-5,7,11H,6H2,1H3,(H,12,13,14,15). The molecule has 0 aliphatic heterocycles. The molecule has 2 rings (SSSR count). The Morgan fingerprint density at radius 3 is 2.87 bits per heavy atom. The highest BCUT2D eigenvalue weighted by atomic mass is 15.5. The lowest BCUT2D eigenvalue weighted by molar-refractivity contribution is 0.546. The van der Waals surface area contributed by atoms with Crippen LogP contribution in [-0.4, -0.2) is 25.6 Å². The second-order valence-corrected chi connectivity index (χ2v) is 3.23. The highest BCUT2D eigenvalue weighted by molar-refractivity contribution is 5.09. The number of H-pyrrole nitrogens is 1. The summed E-state index contributed by atoms with van der Waals surface area (Å²) >= 11 is 0. The summed E-state index contributed by atoms with van der Waals surface area (Å²) in [5, 5.41) is 17.0. The average Bonchev–Trinajstić information content (AvgIpc) is 2.81. The summed E-state index contributed by atoms with van der Waals surface area (Å²) < 4.78 is 0. The van der Waals surface area contributed by atoms with E-state index in [0.29, 0.717) is 5.82 Å². The number of nitrogens with zero attached hydrogens (tertiary/aromatic N) is 4. The summed E-state index contributed by atoms with van der Waals surface area (Å²) in [7, 11) is 0. The van der Waals surface area contributed by atoms with Crippen LogP contribution in [0.2, 0.25) is 0 Å². The number of aromatic nitrogens is 5. The van der Waals surface area contributed by atoms with Gasteiger partial charge in [-0.3, -0.25) is 4.98 Å². The minimum absolute atomic E-state index is 0.0805. The van der Waals surface area contributed by atoms with E-state index in [2.05, 4.69) is 30.9 Å². The molecule has 0 fully saturated rings. The number of pyridine rings is 1. The Bertz CT molecular complexity index is 384. The first kappa shape index (κ1) is 9.72. The van der Waals surface area contributed by atoms with E-state index in [4.69, 9.17) is 0 Å². The van der Waals surface area contributed by atoms with Crippen LogP contribution in [0.25, 0.3) is 0 Å². The van der Waals surface area contributed by atoms with Crippen molar-refractivity contribution < 1.29 is 0 Å². The molecule has 15 heavy (non-hydrogen) atoms. The van der Waals surface area contributed by atoms with Gasteiger partial charge in [-0.25, -0.2) is 0 Å². The molecule has 6 nitrogen and oxygen atoms in total. The molecule has 6 heteroatoms. The van der Waals surface area contributed by atoms with E-state index in [0.717, 1.165) is 6.54 Å². The highest BCUT2D eigenvalue weighted by Crippen LogP contribution is 2.05. The van der Waals surface area contributed by atoms with Crippen molar-refractivity contribution in [3.05, 3.63) is 35.9 Å². The Hall–Kier alpha value is -1.82. The largest absolute Gasteiger partial charge is 0.303 e. The van der Waals surface area contributed by atoms with Crippen molar-refractivity contribution in [3.8, 4) is 0 Å². The number of hydrogen-bond donors (Lipinski definition) is 2. The molecule has 0 aromatic carbocycles. The van der Waals surface area contributed by atoms with Crippen molar-refractivity contribution in [1.82, 2.24) is 30.9 Å². The molecule has 0 amide bonds. The molecule has 1 atom stereocenters. The van der Waals surface area contributed by atoms with Gasteiger partial charge in [0, 0.05) is 18.9 Å². The highest BCUT2D eigenvalue weighted by Gasteiger charge is 2.08. The van der Waals surface area contributed by atoms with E-state index >= 15 is 0 Å². The maximum atomic E-state index is 3.95. The van der Waals surface area contributed by atoms with Crippen LogP contribution in [0.5, 0.6) is 0 Å². The van der Waals surface area contributed by atoms with Gasteiger partial charge in [-0.2, -0.15) is 5.21 Å². The van der Waals surface area contributed by atoms with Gasteiger partial charge in [0.05, 0.1) is 6.04 Å². The molecule has 0 bridgehead atoms. The third-order valence-electron chi connectivity index (χ3n) is 2.11. The average molecular weight is 204 g/mol. The zero-order chi connectivity index (χ0) is 10.5. The van der Waals surface area contributed by atoms with Crippen molar-refractivity contribution in [2.45, 2.75) is 19.5 Å². The van der Waals surface area contributed by atoms with E-state index in [9.17, 15) is 0 Å². The topological polar surface area (TPSA) is 79.4 Å². The van der Waals surface area contributed by atoms with Gasteiger partial charge in [0.1, 0.15) is 0 Å². The molecule has 0 spiro atoms. The Labute approximate surface area is 87.1 Å². The van der Waals surface area contributed by atoms with Gasteiger partial charge in [0.2, 0.25) is 0 Å². The van der Waals surface area contributed by atoms with Crippen LogP contribution >= 0.6 is 0 Å². The molecule has 78 valence electrons. The third-order valence-corrected chi connectivity index (χ3v) is 2.11. The van der Waals surface area contributed by atoms with Gasteiger partial charge in [-0.05, 0) is 24.6 Å². The van der Waals surface area contributed by atoms with Gasteiger partial charge in [0.15, 0.2) is 5.82 Å². The molecule has 0 aliphatic rings. The van der Waals surface area contributed by atoms with Crippen molar-refractivity contribution in [1.29, 1.82) is 0 Å². The summed E-state index contributed by atoms with van der Waals surface area (Å²) in [6.45, 7) is 2.75. The number of rotatable bonds is 4. The van der Waals surface area contributed by atoms with E-state index in [-0.39, 0.29) is 6.04 Å². The maximum absolute atomic E-state index is 3.95. The lowest BCUT2D eigenvalue weighted by Gasteiger charge is -2.09. The lowest BCUT2D eigenvalue weighted by atomic mass is 10.2. The van der Waals surface area contributed by atoms with Crippen LogP contribution in [0.1, 0.15) is 24.4 Å². The predicted octanol–water partition coefficient (Wildman–Crippen LogP) is 0.445. The summed E-state index contributed by atoms with van der Waals surface area (Å²) in [4.78, 5) is 3.95. The molecule has 2 aromatic heterocycles. The minimum Gasteiger partial charge on any atom is -0.303 e. The molecule has 2 aromatic rings. The minimum atomic E-state index is 0.0805. The van der Waals surface area contributed by atoms with Crippen LogP contribution in [-0.2, 0) is 6.54 Å². The molecule has 0 saturated carbocycles. The smallest absolute Gasteiger partial charge is 0.191 e.